The van der Waals surface area contributed by atoms with Gasteiger partial charge in [0.05, 0.1) is 31.8 Å². The number of carbonyl (C=O) groups is 1. The molecular formula is C21H23BrN2O3. The first-order valence-corrected chi connectivity index (χ1v) is 9.58. The molecule has 0 fully saturated rings. The van der Waals surface area contributed by atoms with E-state index in [1.54, 1.807) is 20.3 Å². The first-order chi connectivity index (χ1) is 12.7. The number of nitriles is 1. The van der Waals surface area contributed by atoms with Crippen LogP contribution in [0.1, 0.15) is 45.1 Å². The number of Topliss-reactive ketones (excluding diaryl/α,β-unsaturated/α-hetero) is 1. The Kier molecular flexibility index (Phi) is 5.09. The number of nitrogens with one attached hydrogen (secondary N) is 1. The molecule has 5 nitrogen and oxygen atoms in total. The van der Waals surface area contributed by atoms with Crippen molar-refractivity contribution in [3.63, 3.8) is 0 Å². The van der Waals surface area contributed by atoms with E-state index in [2.05, 4.69) is 41.2 Å². The van der Waals surface area contributed by atoms with Crippen molar-refractivity contribution >= 4 is 21.7 Å². The summed E-state index contributed by atoms with van der Waals surface area (Å²) < 4.78 is 11.9. The van der Waals surface area contributed by atoms with Gasteiger partial charge < -0.3 is 14.8 Å². The Hall–Kier alpha value is -2.26. The number of hydrogen-bond acceptors (Lipinski definition) is 5. The Morgan fingerprint density at radius 2 is 1.96 bits per heavy atom. The van der Waals surface area contributed by atoms with E-state index >= 15 is 0 Å². The zero-order valence-electron chi connectivity index (χ0n) is 16.2. The second-order valence-electron chi connectivity index (χ2n) is 7.74. The number of methoxy groups -OCH3 is 2. The fourth-order valence-electron chi connectivity index (χ4n) is 4.07. The number of rotatable bonds is 3. The molecule has 0 radical (unpaired) electrons. The van der Waals surface area contributed by atoms with Crippen molar-refractivity contribution < 1.29 is 14.3 Å². The molecule has 0 saturated heterocycles. The van der Waals surface area contributed by atoms with Gasteiger partial charge in [0.15, 0.2) is 17.3 Å². The molecule has 142 valence electrons. The minimum Gasteiger partial charge on any atom is -0.493 e. The third kappa shape index (κ3) is 3.25. The lowest BCUT2D eigenvalue weighted by atomic mass is 9.68. The lowest BCUT2D eigenvalue weighted by Crippen LogP contribution is -2.37. The molecule has 0 saturated carbocycles. The van der Waals surface area contributed by atoms with Gasteiger partial charge in [-0.25, -0.2) is 0 Å². The summed E-state index contributed by atoms with van der Waals surface area (Å²) in [6, 6.07) is 5.97. The van der Waals surface area contributed by atoms with E-state index in [1.165, 1.54) is 0 Å². The highest BCUT2D eigenvalue weighted by molar-refractivity contribution is 9.10. The van der Waals surface area contributed by atoms with Gasteiger partial charge >= 0.3 is 0 Å². The molecule has 1 aliphatic heterocycles. The van der Waals surface area contributed by atoms with Crippen LogP contribution >= 0.6 is 15.9 Å². The van der Waals surface area contributed by atoms with Crippen molar-refractivity contribution in [2.24, 2.45) is 5.41 Å². The summed E-state index contributed by atoms with van der Waals surface area (Å²) in [5.41, 5.74) is 3.47. The first-order valence-electron chi connectivity index (χ1n) is 8.78. The van der Waals surface area contributed by atoms with E-state index in [-0.39, 0.29) is 11.2 Å². The van der Waals surface area contributed by atoms with E-state index in [9.17, 15) is 10.1 Å². The van der Waals surface area contributed by atoms with E-state index in [4.69, 9.17) is 9.47 Å². The Bertz CT molecular complexity index is 922. The highest BCUT2D eigenvalue weighted by atomic mass is 79.9. The molecule has 0 unspecified atom stereocenters. The number of allylic oxidation sites excluding steroid dienone is 4. The molecule has 3 rings (SSSR count). The minimum absolute atomic E-state index is 0.0655. The zero-order chi connectivity index (χ0) is 19.9. The highest BCUT2D eigenvalue weighted by Gasteiger charge is 2.43. The molecule has 1 aromatic rings. The van der Waals surface area contributed by atoms with E-state index in [0.717, 1.165) is 27.9 Å². The van der Waals surface area contributed by atoms with Gasteiger partial charge in [0.2, 0.25) is 0 Å². The molecule has 0 aromatic heterocycles. The van der Waals surface area contributed by atoms with Crippen molar-refractivity contribution in [2.75, 3.05) is 14.2 Å². The normalized spacial score (nSPS) is 21.4. The SMILES string of the molecule is COc1ccc(Br)c([C@H]2C(C#N)=C(C)NC3=C2C(=O)CC(C)(C)C3)c1OC. The fourth-order valence-corrected chi connectivity index (χ4v) is 4.61. The predicted molar refractivity (Wildman–Crippen MR) is 106 cm³/mol. The van der Waals surface area contributed by atoms with E-state index < -0.39 is 5.92 Å². The van der Waals surface area contributed by atoms with Crippen molar-refractivity contribution in [3.05, 3.63) is 44.7 Å². The van der Waals surface area contributed by atoms with Crippen molar-refractivity contribution in [1.29, 1.82) is 5.26 Å². The van der Waals surface area contributed by atoms with Crippen LogP contribution in [0.25, 0.3) is 0 Å². The van der Waals surface area contributed by atoms with Gasteiger partial charge in [0, 0.05) is 33.4 Å². The van der Waals surface area contributed by atoms with Crippen LogP contribution in [0.2, 0.25) is 0 Å². The molecule has 0 bridgehead atoms. The van der Waals surface area contributed by atoms with Gasteiger partial charge in [0.1, 0.15) is 0 Å². The van der Waals surface area contributed by atoms with Crippen LogP contribution in [0, 0.1) is 16.7 Å². The van der Waals surface area contributed by atoms with Gasteiger partial charge in [0.25, 0.3) is 0 Å². The summed E-state index contributed by atoms with van der Waals surface area (Å²) in [7, 11) is 3.14. The number of benzene rings is 1. The Labute approximate surface area is 168 Å². The highest BCUT2D eigenvalue weighted by Crippen LogP contribution is 2.51. The van der Waals surface area contributed by atoms with Crippen molar-refractivity contribution in [1.82, 2.24) is 5.32 Å². The largest absolute Gasteiger partial charge is 0.493 e. The van der Waals surface area contributed by atoms with Crippen LogP contribution in [-0.4, -0.2) is 20.0 Å². The van der Waals surface area contributed by atoms with Crippen LogP contribution < -0.4 is 14.8 Å². The van der Waals surface area contributed by atoms with Gasteiger partial charge in [-0.05, 0) is 30.9 Å². The molecule has 0 amide bonds. The maximum absolute atomic E-state index is 13.1. The summed E-state index contributed by atoms with van der Waals surface area (Å²) in [5.74, 6) is 0.670. The van der Waals surface area contributed by atoms with Gasteiger partial charge in [-0.1, -0.05) is 29.8 Å². The van der Waals surface area contributed by atoms with Crippen molar-refractivity contribution in [3.8, 4) is 17.6 Å². The summed E-state index contributed by atoms with van der Waals surface area (Å²) in [4.78, 5) is 13.1. The number of nitrogens with zero attached hydrogens (tertiary/aromatic N) is 1. The lowest BCUT2D eigenvalue weighted by molar-refractivity contribution is -0.118. The third-order valence-electron chi connectivity index (χ3n) is 5.18. The number of ether oxygens (including phenoxy) is 2. The van der Waals surface area contributed by atoms with Gasteiger partial charge in [-0.3, -0.25) is 4.79 Å². The molecule has 2 aliphatic rings. The first kappa shape index (κ1) is 19.5. The summed E-state index contributed by atoms with van der Waals surface area (Å²) >= 11 is 3.60. The lowest BCUT2D eigenvalue weighted by Gasteiger charge is -2.39. The van der Waals surface area contributed by atoms with Crippen LogP contribution in [0.4, 0.5) is 0 Å². The molecule has 1 N–H and O–H groups in total. The quantitative estimate of drug-likeness (QED) is 0.758. The summed E-state index contributed by atoms with van der Waals surface area (Å²) in [6.07, 6.45) is 1.20. The molecule has 1 atom stereocenters. The minimum atomic E-state index is -0.491. The topological polar surface area (TPSA) is 71.3 Å². The average Bonchev–Trinajstić information content (AvgIpc) is 2.59. The number of carbonyl (C=O) groups excluding carboxylic acids is 1. The standard InChI is InChI=1S/C21H23BrN2O3/c1-11-12(10-23)17(18-13(22)6-7-16(26-4)20(18)27-5)19-14(24-11)8-21(2,3)9-15(19)25/h6-7,17,24H,8-9H2,1-5H3/t17-/m1/s1. The number of hydrogen-bond donors (Lipinski definition) is 1. The zero-order valence-corrected chi connectivity index (χ0v) is 17.8. The molecule has 1 aliphatic carbocycles. The van der Waals surface area contributed by atoms with Crippen LogP contribution in [0.15, 0.2) is 39.1 Å². The van der Waals surface area contributed by atoms with Crippen LogP contribution in [0.5, 0.6) is 11.5 Å². The van der Waals surface area contributed by atoms with E-state index in [1.807, 2.05) is 13.0 Å². The van der Waals surface area contributed by atoms with E-state index in [0.29, 0.717) is 29.1 Å². The third-order valence-corrected chi connectivity index (χ3v) is 5.87. The number of halogens is 1. The monoisotopic (exact) mass is 430 g/mol. The second kappa shape index (κ2) is 7.05. The number of ketones is 1. The number of dihydropyridines is 1. The molecular weight excluding hydrogens is 408 g/mol. The fraction of sp³-hybridized carbons (Fsp3) is 0.429. The Morgan fingerprint density at radius 1 is 1.26 bits per heavy atom. The Morgan fingerprint density at radius 3 is 2.56 bits per heavy atom. The van der Waals surface area contributed by atoms with Crippen LogP contribution in [-0.2, 0) is 4.79 Å². The molecule has 1 heterocycles. The Balaban J connectivity index is 2.32. The van der Waals surface area contributed by atoms with Gasteiger partial charge in [-0.15, -0.1) is 0 Å². The second-order valence-corrected chi connectivity index (χ2v) is 8.59. The molecule has 0 spiro atoms. The maximum Gasteiger partial charge on any atom is 0.166 e. The van der Waals surface area contributed by atoms with Gasteiger partial charge in [-0.2, -0.15) is 5.26 Å². The molecule has 6 heteroatoms. The van der Waals surface area contributed by atoms with Crippen molar-refractivity contribution in [2.45, 2.75) is 39.5 Å². The maximum atomic E-state index is 13.1. The smallest absolute Gasteiger partial charge is 0.166 e. The predicted octanol–water partition coefficient (Wildman–Crippen LogP) is 4.59. The average molecular weight is 431 g/mol. The molecule has 1 aromatic carbocycles. The summed E-state index contributed by atoms with van der Waals surface area (Å²) in [6.45, 7) is 6.06. The molecule has 27 heavy (non-hydrogen) atoms. The summed E-state index contributed by atoms with van der Waals surface area (Å²) in [5, 5.41) is 13.2. The van der Waals surface area contributed by atoms with Crippen LogP contribution in [0.3, 0.4) is 0 Å².